The average molecular weight is 260 g/mol. The fourth-order valence-electron chi connectivity index (χ4n) is 2.95. The SMILES string of the molecule is COc1ccc2nc(N)n(CCC3CCCC3)c2n1. The quantitative estimate of drug-likeness (QED) is 0.917. The van der Waals surface area contributed by atoms with Gasteiger partial charge in [0, 0.05) is 12.6 Å². The predicted octanol–water partition coefficient (Wildman–Crippen LogP) is 2.60. The molecule has 19 heavy (non-hydrogen) atoms. The van der Waals surface area contributed by atoms with Crippen molar-refractivity contribution in [2.75, 3.05) is 12.8 Å². The Labute approximate surface area is 112 Å². The third-order valence-electron chi connectivity index (χ3n) is 4.04. The topological polar surface area (TPSA) is 66.0 Å². The smallest absolute Gasteiger partial charge is 0.215 e. The summed E-state index contributed by atoms with van der Waals surface area (Å²) in [5.74, 6) is 1.99. The Kier molecular flexibility index (Phi) is 3.27. The number of imidazole rings is 1. The summed E-state index contributed by atoms with van der Waals surface area (Å²) in [6.45, 7) is 0.896. The lowest BCUT2D eigenvalue weighted by Gasteiger charge is -2.10. The van der Waals surface area contributed by atoms with Crippen LogP contribution in [0.4, 0.5) is 5.95 Å². The first-order chi connectivity index (χ1) is 9.28. The second kappa shape index (κ2) is 5.07. The number of fused-ring (bicyclic) bond motifs is 1. The highest BCUT2D eigenvalue weighted by Gasteiger charge is 2.17. The van der Waals surface area contributed by atoms with Crippen LogP contribution in [0.15, 0.2) is 12.1 Å². The van der Waals surface area contributed by atoms with E-state index in [-0.39, 0.29) is 0 Å². The molecule has 3 rings (SSSR count). The van der Waals surface area contributed by atoms with Crippen LogP contribution in [0.1, 0.15) is 32.1 Å². The third kappa shape index (κ3) is 2.37. The molecule has 2 aromatic heterocycles. The Morgan fingerprint density at radius 3 is 2.84 bits per heavy atom. The molecule has 2 N–H and O–H groups in total. The van der Waals surface area contributed by atoms with Crippen LogP contribution in [-0.2, 0) is 6.54 Å². The summed E-state index contributed by atoms with van der Waals surface area (Å²) in [5, 5.41) is 0. The van der Waals surface area contributed by atoms with Gasteiger partial charge < -0.3 is 10.5 Å². The van der Waals surface area contributed by atoms with Crippen LogP contribution in [0.5, 0.6) is 5.88 Å². The molecule has 1 aliphatic rings. The molecule has 0 radical (unpaired) electrons. The van der Waals surface area contributed by atoms with Crippen LogP contribution in [0.2, 0.25) is 0 Å². The van der Waals surface area contributed by atoms with Gasteiger partial charge in [0.1, 0.15) is 5.52 Å². The number of anilines is 1. The van der Waals surface area contributed by atoms with E-state index in [1.165, 1.54) is 25.7 Å². The first-order valence-electron chi connectivity index (χ1n) is 6.94. The first-order valence-corrected chi connectivity index (χ1v) is 6.94. The van der Waals surface area contributed by atoms with Gasteiger partial charge in [0.05, 0.1) is 7.11 Å². The van der Waals surface area contributed by atoms with E-state index in [0.717, 1.165) is 30.0 Å². The molecule has 0 atom stereocenters. The molecule has 0 spiro atoms. The highest BCUT2D eigenvalue weighted by molar-refractivity contribution is 5.74. The molecule has 0 saturated heterocycles. The number of methoxy groups -OCH3 is 1. The number of aryl methyl sites for hydroxylation is 1. The number of pyridine rings is 1. The second-order valence-electron chi connectivity index (χ2n) is 5.26. The second-order valence-corrected chi connectivity index (χ2v) is 5.26. The van der Waals surface area contributed by atoms with Crippen molar-refractivity contribution in [3.05, 3.63) is 12.1 Å². The van der Waals surface area contributed by atoms with E-state index < -0.39 is 0 Å². The standard InChI is InChI=1S/C14H20N4O/c1-19-12-7-6-11-13(17-12)18(14(15)16-11)9-8-10-4-2-3-5-10/h6-7,10H,2-5,8-9H2,1H3,(H2,15,16). The van der Waals surface area contributed by atoms with Crippen molar-refractivity contribution in [1.82, 2.24) is 14.5 Å². The molecule has 0 aliphatic heterocycles. The molecule has 2 aromatic rings. The molecule has 0 aromatic carbocycles. The molecule has 102 valence electrons. The Morgan fingerprint density at radius 1 is 1.32 bits per heavy atom. The molecule has 0 bridgehead atoms. The largest absolute Gasteiger partial charge is 0.481 e. The predicted molar refractivity (Wildman–Crippen MR) is 75.1 cm³/mol. The Hall–Kier alpha value is -1.78. The molecule has 0 amide bonds. The van der Waals surface area contributed by atoms with Gasteiger partial charge in [-0.2, -0.15) is 4.98 Å². The van der Waals surface area contributed by atoms with Gasteiger partial charge in [-0.1, -0.05) is 25.7 Å². The zero-order valence-electron chi connectivity index (χ0n) is 11.3. The summed E-state index contributed by atoms with van der Waals surface area (Å²) in [6.07, 6.45) is 6.61. The van der Waals surface area contributed by atoms with E-state index in [1.54, 1.807) is 7.11 Å². The van der Waals surface area contributed by atoms with Crippen LogP contribution >= 0.6 is 0 Å². The maximum atomic E-state index is 6.00. The average Bonchev–Trinajstić information content (AvgIpc) is 3.03. The number of nitrogens with two attached hydrogens (primary N) is 1. The fourth-order valence-corrected chi connectivity index (χ4v) is 2.95. The van der Waals surface area contributed by atoms with Gasteiger partial charge >= 0.3 is 0 Å². The molecular weight excluding hydrogens is 240 g/mol. The Morgan fingerprint density at radius 2 is 2.11 bits per heavy atom. The maximum Gasteiger partial charge on any atom is 0.215 e. The molecule has 5 heteroatoms. The summed E-state index contributed by atoms with van der Waals surface area (Å²) in [5.41, 5.74) is 7.67. The minimum atomic E-state index is 0.550. The number of hydrogen-bond acceptors (Lipinski definition) is 4. The maximum absolute atomic E-state index is 6.00. The van der Waals surface area contributed by atoms with E-state index in [9.17, 15) is 0 Å². The van der Waals surface area contributed by atoms with Crippen molar-refractivity contribution in [2.24, 2.45) is 5.92 Å². The lowest BCUT2D eigenvalue weighted by molar-refractivity contribution is 0.398. The number of rotatable bonds is 4. The van der Waals surface area contributed by atoms with Gasteiger partial charge in [-0.05, 0) is 18.4 Å². The fraction of sp³-hybridized carbons (Fsp3) is 0.571. The molecule has 1 saturated carbocycles. The van der Waals surface area contributed by atoms with Gasteiger partial charge in [-0.3, -0.25) is 4.57 Å². The molecular formula is C14H20N4O. The van der Waals surface area contributed by atoms with Crippen LogP contribution in [0, 0.1) is 5.92 Å². The molecule has 0 unspecified atom stereocenters. The molecule has 1 aliphatic carbocycles. The summed E-state index contributed by atoms with van der Waals surface area (Å²) < 4.78 is 7.18. The van der Waals surface area contributed by atoms with E-state index in [0.29, 0.717) is 11.8 Å². The van der Waals surface area contributed by atoms with Gasteiger partial charge in [0.2, 0.25) is 11.8 Å². The van der Waals surface area contributed by atoms with Crippen LogP contribution in [-0.4, -0.2) is 21.6 Å². The van der Waals surface area contributed by atoms with Crippen LogP contribution in [0.25, 0.3) is 11.2 Å². The summed E-state index contributed by atoms with van der Waals surface area (Å²) >= 11 is 0. The van der Waals surface area contributed by atoms with Crippen LogP contribution < -0.4 is 10.5 Å². The van der Waals surface area contributed by atoms with Gasteiger partial charge in [-0.15, -0.1) is 0 Å². The summed E-state index contributed by atoms with van der Waals surface area (Å²) in [4.78, 5) is 8.81. The summed E-state index contributed by atoms with van der Waals surface area (Å²) in [7, 11) is 1.62. The first kappa shape index (κ1) is 12.3. The van der Waals surface area contributed by atoms with Gasteiger partial charge in [-0.25, -0.2) is 4.98 Å². The van der Waals surface area contributed by atoms with Gasteiger partial charge in [0.25, 0.3) is 0 Å². The van der Waals surface area contributed by atoms with E-state index in [1.807, 2.05) is 16.7 Å². The van der Waals surface area contributed by atoms with Crippen molar-refractivity contribution in [3.8, 4) is 5.88 Å². The minimum absolute atomic E-state index is 0.550. The molecule has 2 heterocycles. The van der Waals surface area contributed by atoms with Gasteiger partial charge in [0.15, 0.2) is 5.65 Å². The lowest BCUT2D eigenvalue weighted by Crippen LogP contribution is -2.07. The van der Waals surface area contributed by atoms with Crippen molar-refractivity contribution < 1.29 is 4.74 Å². The highest BCUT2D eigenvalue weighted by Crippen LogP contribution is 2.29. The number of nitrogen functional groups attached to an aromatic ring is 1. The van der Waals surface area contributed by atoms with Crippen molar-refractivity contribution in [2.45, 2.75) is 38.6 Å². The Balaban J connectivity index is 1.85. The minimum Gasteiger partial charge on any atom is -0.481 e. The van der Waals surface area contributed by atoms with Crippen LogP contribution in [0.3, 0.4) is 0 Å². The van der Waals surface area contributed by atoms with E-state index >= 15 is 0 Å². The zero-order chi connectivity index (χ0) is 13.2. The van der Waals surface area contributed by atoms with E-state index in [2.05, 4.69) is 9.97 Å². The van der Waals surface area contributed by atoms with Crippen molar-refractivity contribution in [1.29, 1.82) is 0 Å². The third-order valence-corrected chi connectivity index (χ3v) is 4.04. The number of aromatic nitrogens is 3. The van der Waals surface area contributed by atoms with E-state index in [4.69, 9.17) is 10.5 Å². The number of nitrogens with zero attached hydrogens (tertiary/aromatic N) is 3. The van der Waals surface area contributed by atoms with Crippen molar-refractivity contribution >= 4 is 17.1 Å². The Bertz CT molecular complexity index is 572. The zero-order valence-corrected chi connectivity index (χ0v) is 11.3. The normalized spacial score (nSPS) is 16.3. The molecule has 1 fully saturated rings. The summed E-state index contributed by atoms with van der Waals surface area (Å²) in [6, 6.07) is 3.72. The lowest BCUT2D eigenvalue weighted by atomic mass is 10.0. The van der Waals surface area contributed by atoms with Crippen molar-refractivity contribution in [3.63, 3.8) is 0 Å². The molecule has 5 nitrogen and oxygen atoms in total. The number of ether oxygens (including phenoxy) is 1. The highest BCUT2D eigenvalue weighted by atomic mass is 16.5. The number of hydrogen-bond donors (Lipinski definition) is 1. The monoisotopic (exact) mass is 260 g/mol.